The van der Waals surface area contributed by atoms with Crippen molar-refractivity contribution in [3.8, 4) is 0 Å². The molecule has 128 valence electrons. The largest absolute Gasteiger partial charge is 0.249 e. The standard InChI is InChI=1S/C21H22ClNP2/c1-17(2)23(24-21-16-10-9-15-20(21)22)25(18-11-5-3-6-12-18)19-13-7-4-8-14-19/h3-17,24H,1-2H3. The molecule has 0 radical (unpaired) electrons. The van der Waals surface area contributed by atoms with Gasteiger partial charge in [0.05, 0.1) is 0 Å². The molecule has 0 aliphatic carbocycles. The van der Waals surface area contributed by atoms with E-state index in [0.717, 1.165) is 5.02 Å². The number of halogens is 1. The highest BCUT2D eigenvalue weighted by molar-refractivity contribution is 7.77. The van der Waals surface area contributed by atoms with Crippen molar-refractivity contribution < 1.29 is 0 Å². The zero-order chi connectivity index (χ0) is 17.6. The Kier molecular flexibility index (Phi) is 6.63. The van der Waals surface area contributed by atoms with Crippen LogP contribution < -0.4 is 15.9 Å². The van der Waals surface area contributed by atoms with Gasteiger partial charge in [-0.25, -0.2) is 4.44 Å². The second-order valence-electron chi connectivity index (χ2n) is 6.01. The van der Waals surface area contributed by atoms with Crippen LogP contribution in [-0.4, -0.2) is 10.5 Å². The first-order chi connectivity index (χ1) is 12.2. The summed E-state index contributed by atoms with van der Waals surface area (Å²) in [4.78, 5) is 0. The molecule has 25 heavy (non-hydrogen) atoms. The summed E-state index contributed by atoms with van der Waals surface area (Å²) in [5.41, 5.74) is 0. The van der Waals surface area contributed by atoms with E-state index in [1.807, 2.05) is 12.1 Å². The Bertz CT molecular complexity index is 754. The van der Waals surface area contributed by atoms with Crippen molar-refractivity contribution in [2.45, 2.75) is 19.9 Å². The highest BCUT2D eigenvalue weighted by Gasteiger charge is 2.25. The Balaban J connectivity index is 2.04. The molecule has 3 aromatic rings. The first kappa shape index (κ1) is 18.6. The molecule has 0 heterocycles. The van der Waals surface area contributed by atoms with E-state index in [0.29, 0.717) is 14.8 Å². The molecule has 0 aromatic heterocycles. The lowest BCUT2D eigenvalue weighted by Gasteiger charge is -2.35. The van der Waals surface area contributed by atoms with E-state index in [-0.39, 0.29) is 0 Å². The molecule has 0 spiro atoms. The lowest BCUT2D eigenvalue weighted by Crippen LogP contribution is -2.29. The fraction of sp³-hybridized carbons (Fsp3) is 0.143. The van der Waals surface area contributed by atoms with E-state index in [1.165, 1.54) is 15.9 Å². The zero-order valence-corrected chi connectivity index (χ0v) is 17.1. The van der Waals surface area contributed by atoms with Gasteiger partial charge < -0.3 is 0 Å². The van der Waals surface area contributed by atoms with Crippen molar-refractivity contribution in [2.75, 3.05) is 0 Å². The maximum atomic E-state index is 6.46. The van der Waals surface area contributed by atoms with Crippen LogP contribution in [0.5, 0.6) is 0 Å². The third kappa shape index (κ3) is 4.69. The minimum Gasteiger partial charge on any atom is -0.249 e. The molecule has 1 atom stereocenters. The average Bonchev–Trinajstić information content (AvgIpc) is 2.64. The smallest absolute Gasteiger partial charge is 0.0493 e. The highest BCUT2D eigenvalue weighted by Crippen LogP contribution is 2.48. The van der Waals surface area contributed by atoms with E-state index < -0.39 is 8.07 Å². The molecule has 3 aromatic carbocycles. The van der Waals surface area contributed by atoms with E-state index in [1.54, 1.807) is 0 Å². The van der Waals surface area contributed by atoms with Gasteiger partial charge in [0.15, 0.2) is 0 Å². The molecule has 1 unspecified atom stereocenters. The molecule has 0 fully saturated rings. The van der Waals surface area contributed by atoms with Crippen LogP contribution in [0, 0.1) is 0 Å². The molecule has 0 aliphatic heterocycles. The third-order valence-corrected chi connectivity index (χ3v) is 9.09. The second-order valence-corrected chi connectivity index (χ2v) is 10.1. The van der Waals surface area contributed by atoms with Gasteiger partial charge in [-0.1, -0.05) is 90.5 Å². The van der Waals surface area contributed by atoms with Gasteiger partial charge in [0.25, 0.3) is 0 Å². The molecule has 1 nitrogen and oxygen atoms in total. The van der Waals surface area contributed by atoms with Crippen molar-refractivity contribution in [1.82, 2.24) is 4.44 Å². The molecule has 0 N–H and O–H groups in total. The van der Waals surface area contributed by atoms with Crippen LogP contribution in [0.2, 0.25) is 5.02 Å². The number of nitrogens with zero attached hydrogens (tertiary/aromatic N) is 1. The molecule has 4 heteroatoms. The number of hydrogen-bond donors (Lipinski definition) is 0. The first-order valence-corrected chi connectivity index (χ1v) is 11.0. The van der Waals surface area contributed by atoms with Gasteiger partial charge in [0.2, 0.25) is 0 Å². The maximum absolute atomic E-state index is 6.46. The van der Waals surface area contributed by atoms with Crippen LogP contribution in [0.1, 0.15) is 13.8 Å². The van der Waals surface area contributed by atoms with Crippen LogP contribution >= 0.6 is 28.4 Å². The topological polar surface area (TPSA) is 3.24 Å². The van der Waals surface area contributed by atoms with Gasteiger partial charge in [-0.3, -0.25) is 0 Å². The van der Waals surface area contributed by atoms with Crippen LogP contribution in [0.3, 0.4) is 0 Å². The predicted octanol–water partition coefficient (Wildman–Crippen LogP) is 5.32. The summed E-state index contributed by atoms with van der Waals surface area (Å²) in [7, 11) is -0.0664. The fourth-order valence-electron chi connectivity index (χ4n) is 2.62. The highest BCUT2D eigenvalue weighted by atomic mass is 35.5. The molecule has 0 amide bonds. The van der Waals surface area contributed by atoms with Gasteiger partial charge >= 0.3 is 0 Å². The molecular weight excluding hydrogens is 364 g/mol. The van der Waals surface area contributed by atoms with Crippen LogP contribution in [0.15, 0.2) is 84.9 Å². The summed E-state index contributed by atoms with van der Waals surface area (Å²) in [6.45, 7) is 4.54. The Morgan fingerprint density at radius 1 is 0.760 bits per heavy atom. The average molecular weight is 386 g/mol. The van der Waals surface area contributed by atoms with Gasteiger partial charge in [-0.05, 0) is 39.3 Å². The van der Waals surface area contributed by atoms with E-state index in [9.17, 15) is 0 Å². The maximum Gasteiger partial charge on any atom is 0.0493 e. The normalized spacial score (nSPS) is 11.9. The quantitative estimate of drug-likeness (QED) is 0.519. The number of hydrogen-bond acceptors (Lipinski definition) is 1. The summed E-state index contributed by atoms with van der Waals surface area (Å²) in [5, 5.41) is 4.80. The molecule has 0 aliphatic rings. The van der Waals surface area contributed by atoms with Gasteiger partial charge in [-0.2, -0.15) is 0 Å². The lowest BCUT2D eigenvalue weighted by molar-refractivity contribution is 0.588. The van der Waals surface area contributed by atoms with Crippen molar-refractivity contribution in [3.05, 3.63) is 90.0 Å². The number of benzene rings is 3. The summed E-state index contributed by atoms with van der Waals surface area (Å²) >= 11 is 6.46. The Morgan fingerprint density at radius 2 is 1.24 bits per heavy atom. The molecule has 0 bridgehead atoms. The van der Waals surface area contributed by atoms with E-state index >= 15 is 0 Å². The van der Waals surface area contributed by atoms with Crippen LogP contribution in [0.4, 0.5) is 0 Å². The SMILES string of the molecule is CC(C)N(Pc1ccccc1Cl)P(c1ccccc1)c1ccccc1. The Labute approximate surface area is 158 Å². The fourth-order valence-corrected chi connectivity index (χ4v) is 7.33. The molecule has 3 rings (SSSR count). The summed E-state index contributed by atoms with van der Waals surface area (Å²) < 4.78 is 2.60. The lowest BCUT2D eigenvalue weighted by atomic mass is 10.4. The second kappa shape index (κ2) is 8.93. The molecular formula is C21H22ClNP2. The van der Waals surface area contributed by atoms with Gasteiger partial charge in [0, 0.05) is 24.4 Å². The summed E-state index contributed by atoms with van der Waals surface area (Å²) in [6, 6.07) is 30.2. The van der Waals surface area contributed by atoms with Crippen molar-refractivity contribution in [3.63, 3.8) is 0 Å². The van der Waals surface area contributed by atoms with Crippen molar-refractivity contribution >= 4 is 44.3 Å². The minimum absolute atomic E-state index is 0.418. The van der Waals surface area contributed by atoms with E-state index in [4.69, 9.17) is 11.6 Å². The number of rotatable bonds is 6. The third-order valence-electron chi connectivity index (χ3n) is 3.81. The van der Waals surface area contributed by atoms with E-state index in [2.05, 4.69) is 91.1 Å². The van der Waals surface area contributed by atoms with Crippen LogP contribution in [-0.2, 0) is 0 Å². The summed E-state index contributed by atoms with van der Waals surface area (Å²) in [6.07, 6.45) is 0. The summed E-state index contributed by atoms with van der Waals surface area (Å²) in [5.74, 6) is 0. The Hall–Kier alpha value is -1.23. The molecule has 0 saturated carbocycles. The minimum atomic E-state index is -0.603. The Morgan fingerprint density at radius 3 is 1.72 bits per heavy atom. The predicted molar refractivity (Wildman–Crippen MR) is 115 cm³/mol. The van der Waals surface area contributed by atoms with Crippen LogP contribution in [0.25, 0.3) is 0 Å². The van der Waals surface area contributed by atoms with Gasteiger partial charge in [0.1, 0.15) is 0 Å². The van der Waals surface area contributed by atoms with Crippen molar-refractivity contribution in [1.29, 1.82) is 0 Å². The van der Waals surface area contributed by atoms with Gasteiger partial charge in [-0.15, -0.1) is 0 Å². The first-order valence-electron chi connectivity index (χ1n) is 8.37. The molecule has 0 saturated heterocycles. The monoisotopic (exact) mass is 385 g/mol. The zero-order valence-electron chi connectivity index (χ0n) is 14.4. The van der Waals surface area contributed by atoms with Crippen molar-refractivity contribution in [2.24, 2.45) is 0 Å².